The number of aryl methyl sites for hydroxylation is 1. The molecular formula is C16H13FN2O2. The fourth-order valence-corrected chi connectivity index (χ4v) is 2.07. The summed E-state index contributed by atoms with van der Waals surface area (Å²) in [6.45, 7) is 1.83. The molecule has 21 heavy (non-hydrogen) atoms. The Kier molecular flexibility index (Phi) is 3.50. The summed E-state index contributed by atoms with van der Waals surface area (Å²) in [5, 5.41) is 14.0. The molecule has 106 valence electrons. The highest BCUT2D eigenvalue weighted by Crippen LogP contribution is 2.25. The Bertz CT molecular complexity index is 756. The topological polar surface area (TPSA) is 59.2 Å². The van der Waals surface area contributed by atoms with Crippen molar-refractivity contribution in [2.45, 2.75) is 13.0 Å². The molecule has 0 bridgehead atoms. The van der Waals surface area contributed by atoms with E-state index in [9.17, 15) is 9.50 Å². The monoisotopic (exact) mass is 284 g/mol. The fourth-order valence-electron chi connectivity index (χ4n) is 2.07. The van der Waals surface area contributed by atoms with Crippen LogP contribution in [0.15, 0.2) is 53.1 Å². The van der Waals surface area contributed by atoms with Gasteiger partial charge in [-0.3, -0.25) is 0 Å². The van der Waals surface area contributed by atoms with E-state index in [2.05, 4.69) is 10.1 Å². The summed E-state index contributed by atoms with van der Waals surface area (Å²) in [6, 6.07) is 13.4. The van der Waals surface area contributed by atoms with Crippen LogP contribution in [-0.4, -0.2) is 15.2 Å². The molecule has 0 fully saturated rings. The van der Waals surface area contributed by atoms with E-state index in [1.54, 1.807) is 18.2 Å². The van der Waals surface area contributed by atoms with Crippen LogP contribution in [-0.2, 0) is 0 Å². The Hall–Kier alpha value is -2.53. The van der Waals surface area contributed by atoms with Crippen molar-refractivity contribution in [3.8, 4) is 11.4 Å². The van der Waals surface area contributed by atoms with E-state index in [1.807, 2.05) is 25.1 Å². The Morgan fingerprint density at radius 3 is 2.67 bits per heavy atom. The molecule has 0 radical (unpaired) electrons. The van der Waals surface area contributed by atoms with Gasteiger partial charge in [-0.05, 0) is 30.2 Å². The minimum absolute atomic E-state index is 0.0832. The second-order valence-corrected chi connectivity index (χ2v) is 4.73. The number of halogens is 1. The molecule has 0 saturated carbocycles. The van der Waals surface area contributed by atoms with Crippen LogP contribution < -0.4 is 0 Å². The predicted molar refractivity (Wildman–Crippen MR) is 74.9 cm³/mol. The minimum atomic E-state index is -0.999. The summed E-state index contributed by atoms with van der Waals surface area (Å²) < 4.78 is 18.4. The van der Waals surface area contributed by atoms with Crippen LogP contribution in [0.1, 0.15) is 23.1 Å². The maximum absolute atomic E-state index is 13.3. The third kappa shape index (κ3) is 2.68. The van der Waals surface area contributed by atoms with Gasteiger partial charge in [-0.25, -0.2) is 4.39 Å². The maximum atomic E-state index is 13.3. The first-order chi connectivity index (χ1) is 10.1. The van der Waals surface area contributed by atoms with Crippen molar-refractivity contribution < 1.29 is 14.0 Å². The summed E-state index contributed by atoms with van der Waals surface area (Å²) in [6.07, 6.45) is -0.999. The normalized spacial score (nSPS) is 12.3. The van der Waals surface area contributed by atoms with Crippen LogP contribution in [0.4, 0.5) is 4.39 Å². The Morgan fingerprint density at radius 1 is 1.14 bits per heavy atom. The number of hydrogen-bond acceptors (Lipinski definition) is 4. The number of aromatic nitrogens is 2. The van der Waals surface area contributed by atoms with Gasteiger partial charge in [0.1, 0.15) is 5.82 Å². The van der Waals surface area contributed by atoms with Gasteiger partial charge >= 0.3 is 0 Å². The van der Waals surface area contributed by atoms with Crippen molar-refractivity contribution in [3.63, 3.8) is 0 Å². The van der Waals surface area contributed by atoms with Crippen molar-refractivity contribution in [2.75, 3.05) is 0 Å². The highest BCUT2D eigenvalue weighted by molar-refractivity contribution is 5.59. The van der Waals surface area contributed by atoms with Crippen molar-refractivity contribution in [3.05, 3.63) is 71.4 Å². The van der Waals surface area contributed by atoms with Crippen LogP contribution in [0.3, 0.4) is 0 Å². The molecule has 1 heterocycles. The number of benzene rings is 2. The molecule has 5 heteroatoms. The lowest BCUT2D eigenvalue weighted by molar-refractivity contribution is 0.170. The molecule has 3 rings (SSSR count). The highest BCUT2D eigenvalue weighted by atomic mass is 19.1. The first-order valence-electron chi connectivity index (χ1n) is 6.48. The van der Waals surface area contributed by atoms with Crippen molar-refractivity contribution >= 4 is 0 Å². The molecular weight excluding hydrogens is 271 g/mol. The molecule has 0 amide bonds. The van der Waals surface area contributed by atoms with Crippen LogP contribution in [0.2, 0.25) is 0 Å². The summed E-state index contributed by atoms with van der Waals surface area (Å²) in [4.78, 5) is 4.16. The second kappa shape index (κ2) is 5.46. The minimum Gasteiger partial charge on any atom is -0.378 e. The van der Waals surface area contributed by atoms with Gasteiger partial charge in [-0.2, -0.15) is 4.98 Å². The Morgan fingerprint density at radius 2 is 1.90 bits per heavy atom. The molecule has 0 aliphatic rings. The lowest BCUT2D eigenvalue weighted by atomic mass is 10.1. The molecule has 3 aromatic rings. The first-order valence-corrected chi connectivity index (χ1v) is 6.48. The maximum Gasteiger partial charge on any atom is 0.260 e. The quantitative estimate of drug-likeness (QED) is 0.802. The van der Waals surface area contributed by atoms with Crippen LogP contribution in [0.5, 0.6) is 0 Å². The van der Waals surface area contributed by atoms with E-state index >= 15 is 0 Å². The molecule has 1 atom stereocenters. The van der Waals surface area contributed by atoms with Gasteiger partial charge < -0.3 is 9.63 Å². The van der Waals surface area contributed by atoms with Gasteiger partial charge in [-0.15, -0.1) is 0 Å². The smallest absolute Gasteiger partial charge is 0.260 e. The SMILES string of the molecule is Cc1ccc(F)cc1-c1noc(C(O)c2ccccc2)n1. The predicted octanol–water partition coefficient (Wildman–Crippen LogP) is 3.27. The standard InChI is InChI=1S/C16H13FN2O2/c1-10-7-8-12(17)9-13(10)15-18-16(21-19-15)14(20)11-5-3-2-4-6-11/h2-9,14,20H,1H3. The highest BCUT2D eigenvalue weighted by Gasteiger charge is 2.19. The molecule has 0 aliphatic carbocycles. The lowest BCUT2D eigenvalue weighted by Crippen LogP contribution is -1.99. The van der Waals surface area contributed by atoms with E-state index in [4.69, 9.17) is 4.52 Å². The van der Waals surface area contributed by atoms with Crippen molar-refractivity contribution in [1.29, 1.82) is 0 Å². The van der Waals surface area contributed by atoms with Gasteiger partial charge in [0, 0.05) is 5.56 Å². The van der Waals surface area contributed by atoms with Gasteiger partial charge in [0.05, 0.1) is 0 Å². The molecule has 1 unspecified atom stereocenters. The van der Waals surface area contributed by atoms with Gasteiger partial charge in [-0.1, -0.05) is 41.6 Å². The summed E-state index contributed by atoms with van der Waals surface area (Å²) >= 11 is 0. The van der Waals surface area contributed by atoms with Gasteiger partial charge in [0.2, 0.25) is 5.82 Å². The van der Waals surface area contributed by atoms with Crippen molar-refractivity contribution in [1.82, 2.24) is 10.1 Å². The summed E-state index contributed by atoms with van der Waals surface area (Å²) in [7, 11) is 0. The zero-order chi connectivity index (χ0) is 14.8. The Balaban J connectivity index is 1.95. The summed E-state index contributed by atoms with van der Waals surface area (Å²) in [5.41, 5.74) is 2.03. The molecule has 1 N–H and O–H groups in total. The zero-order valence-electron chi connectivity index (χ0n) is 11.3. The third-order valence-electron chi connectivity index (χ3n) is 3.23. The molecule has 0 aliphatic heterocycles. The molecule has 2 aromatic carbocycles. The van der Waals surface area contributed by atoms with Crippen LogP contribution in [0, 0.1) is 12.7 Å². The molecule has 4 nitrogen and oxygen atoms in total. The van der Waals surface area contributed by atoms with Crippen LogP contribution in [0.25, 0.3) is 11.4 Å². The lowest BCUT2D eigenvalue weighted by Gasteiger charge is -2.04. The van der Waals surface area contributed by atoms with E-state index in [0.29, 0.717) is 11.1 Å². The fraction of sp³-hybridized carbons (Fsp3) is 0.125. The Labute approximate surface area is 120 Å². The zero-order valence-corrected chi connectivity index (χ0v) is 11.3. The van der Waals surface area contributed by atoms with E-state index in [-0.39, 0.29) is 17.5 Å². The first kappa shape index (κ1) is 13.5. The number of aliphatic hydroxyl groups excluding tert-OH is 1. The third-order valence-corrected chi connectivity index (χ3v) is 3.23. The van der Waals surface area contributed by atoms with Gasteiger partial charge in [0.25, 0.3) is 5.89 Å². The van der Waals surface area contributed by atoms with Crippen molar-refractivity contribution in [2.24, 2.45) is 0 Å². The number of aliphatic hydroxyl groups is 1. The molecule has 0 saturated heterocycles. The average Bonchev–Trinajstić information content (AvgIpc) is 2.99. The number of nitrogens with zero attached hydrogens (tertiary/aromatic N) is 2. The molecule has 0 spiro atoms. The van der Waals surface area contributed by atoms with Crippen LogP contribution >= 0.6 is 0 Å². The van der Waals surface area contributed by atoms with E-state index in [1.165, 1.54) is 12.1 Å². The molecule has 1 aromatic heterocycles. The number of hydrogen-bond donors (Lipinski definition) is 1. The number of rotatable bonds is 3. The van der Waals surface area contributed by atoms with Gasteiger partial charge in [0.15, 0.2) is 6.10 Å². The largest absolute Gasteiger partial charge is 0.378 e. The van der Waals surface area contributed by atoms with E-state index in [0.717, 1.165) is 5.56 Å². The average molecular weight is 284 g/mol. The second-order valence-electron chi connectivity index (χ2n) is 4.73. The van der Waals surface area contributed by atoms with E-state index < -0.39 is 6.10 Å². The summed E-state index contributed by atoms with van der Waals surface area (Å²) in [5.74, 6) is -0.0256.